The van der Waals surface area contributed by atoms with Gasteiger partial charge in [0.2, 0.25) is 5.88 Å². The van der Waals surface area contributed by atoms with Crippen LogP contribution in [0, 0.1) is 11.3 Å². The fourth-order valence-electron chi connectivity index (χ4n) is 1.94. The van der Waals surface area contributed by atoms with Crippen molar-refractivity contribution in [3.63, 3.8) is 0 Å². The summed E-state index contributed by atoms with van der Waals surface area (Å²) in [4.78, 5) is -0.171. The van der Waals surface area contributed by atoms with Crippen LogP contribution in [0.15, 0.2) is 17.0 Å². The van der Waals surface area contributed by atoms with Gasteiger partial charge in [-0.05, 0) is 11.8 Å². The Hall–Kier alpha value is -1.25. The van der Waals surface area contributed by atoms with Crippen LogP contribution in [0.25, 0.3) is 5.69 Å². The Morgan fingerprint density at radius 1 is 1.19 bits per heavy atom. The van der Waals surface area contributed by atoms with Gasteiger partial charge in [-0.15, -0.1) is 13.2 Å². The van der Waals surface area contributed by atoms with E-state index in [-0.39, 0.29) is 44.0 Å². The lowest BCUT2D eigenvalue weighted by molar-refractivity contribution is -0.274. The number of hydrogen-bond acceptors (Lipinski definition) is 5. The molecule has 0 spiro atoms. The first-order valence-corrected chi connectivity index (χ1v) is 8.77. The summed E-state index contributed by atoms with van der Waals surface area (Å²) in [6, 6.07) is 3.35. The second-order valence-electron chi connectivity index (χ2n) is 4.54. The van der Waals surface area contributed by atoms with E-state index in [1.807, 2.05) is 0 Å². The zero-order valence-corrected chi connectivity index (χ0v) is 16.6. The molecule has 0 fully saturated rings. The molecule has 1 aromatic heterocycles. The van der Waals surface area contributed by atoms with Gasteiger partial charge in [0.1, 0.15) is 22.4 Å². The predicted molar refractivity (Wildman–Crippen MR) is 92.9 cm³/mol. The molecule has 0 atom stereocenters. The van der Waals surface area contributed by atoms with Crippen LogP contribution < -0.4 is 9.47 Å². The van der Waals surface area contributed by atoms with Crippen molar-refractivity contribution in [3.8, 4) is 23.4 Å². The second-order valence-corrected chi connectivity index (χ2v) is 8.21. The minimum Gasteiger partial charge on any atom is -0.480 e. The Balaban J connectivity index is 2.64. The number of halogens is 8. The van der Waals surface area contributed by atoms with Gasteiger partial charge < -0.3 is 9.47 Å². The lowest BCUT2D eigenvalue weighted by Gasteiger charge is -2.14. The number of hydrogen-bond donors (Lipinski definition) is 0. The third-order valence-corrected chi connectivity index (χ3v) is 4.60. The highest BCUT2D eigenvalue weighted by atomic mass is 35.5. The van der Waals surface area contributed by atoms with E-state index in [0.29, 0.717) is 0 Å². The minimum atomic E-state index is -4.96. The third-order valence-electron chi connectivity index (χ3n) is 2.75. The molecular weight excluding hydrogens is 480 g/mol. The lowest BCUT2D eigenvalue weighted by atomic mass is 10.3. The highest BCUT2D eigenvalue weighted by Gasteiger charge is 2.34. The fourth-order valence-corrected chi connectivity index (χ4v) is 3.70. The molecule has 27 heavy (non-hydrogen) atoms. The van der Waals surface area contributed by atoms with E-state index >= 15 is 0 Å². The molecule has 0 unspecified atom stereocenters. The molecular formula is C13H5Cl4F4N3O2S. The summed E-state index contributed by atoms with van der Waals surface area (Å²) >= 11 is 22.8. The highest BCUT2D eigenvalue weighted by Crippen LogP contribution is 2.48. The molecule has 0 saturated carbocycles. The largest absolute Gasteiger partial charge is 0.573 e. The van der Waals surface area contributed by atoms with Gasteiger partial charge in [0.15, 0.2) is 5.69 Å². The molecule has 0 aliphatic rings. The molecule has 0 saturated heterocycles. The Morgan fingerprint density at radius 3 is 2.15 bits per heavy atom. The number of alkyl halides is 6. The highest BCUT2D eigenvalue weighted by molar-refractivity contribution is 8.03. The number of aromatic nitrogens is 2. The molecule has 1 aromatic carbocycles. The van der Waals surface area contributed by atoms with Gasteiger partial charge in [0, 0.05) is 12.1 Å². The van der Waals surface area contributed by atoms with Gasteiger partial charge in [-0.1, -0.05) is 46.4 Å². The van der Waals surface area contributed by atoms with Crippen LogP contribution in [0.3, 0.4) is 0 Å². The normalized spacial score (nSPS) is 12.0. The summed E-state index contributed by atoms with van der Waals surface area (Å²) < 4.78 is 57.6. The number of nitriles is 1. The molecule has 0 radical (unpaired) electrons. The van der Waals surface area contributed by atoms with E-state index in [4.69, 9.17) is 51.1 Å². The van der Waals surface area contributed by atoms with Gasteiger partial charge in [0.25, 0.3) is 0 Å². The number of rotatable bonds is 5. The van der Waals surface area contributed by atoms with E-state index in [0.717, 1.165) is 16.8 Å². The van der Waals surface area contributed by atoms with Crippen LogP contribution in [0.2, 0.25) is 10.0 Å². The fraction of sp³-hybridized carbons (Fsp3) is 0.231. The molecule has 1 heterocycles. The van der Waals surface area contributed by atoms with E-state index in [9.17, 15) is 22.8 Å². The van der Waals surface area contributed by atoms with Crippen molar-refractivity contribution in [3.05, 3.63) is 27.9 Å². The molecule has 146 valence electrons. The van der Waals surface area contributed by atoms with E-state index < -0.39 is 16.0 Å². The standard InChI is InChI=1S/C13H5Cl4F4N3O2S/c1-25-11-10(27-12(16,17)18)8(4-22)23-24(11)9-6(14)2-5(3-7(9)15)26-13(19,20)21/h2-3H,1H3. The van der Waals surface area contributed by atoms with Crippen molar-refractivity contribution in [1.29, 1.82) is 5.26 Å². The minimum absolute atomic E-state index is 0.137. The average Bonchev–Trinajstić information content (AvgIpc) is 2.80. The number of thioether (sulfide) groups is 1. The van der Waals surface area contributed by atoms with Crippen molar-refractivity contribution in [1.82, 2.24) is 9.78 Å². The first-order chi connectivity index (χ1) is 12.4. The summed E-state index contributed by atoms with van der Waals surface area (Å²) in [6.45, 7) is 0. The van der Waals surface area contributed by atoms with E-state index in [1.165, 1.54) is 7.11 Å². The number of nitrogens with zero attached hydrogens (tertiary/aromatic N) is 3. The van der Waals surface area contributed by atoms with Crippen molar-refractivity contribution in [2.24, 2.45) is 0 Å². The molecule has 5 nitrogen and oxygen atoms in total. The molecule has 2 aromatic rings. The molecule has 0 amide bonds. The van der Waals surface area contributed by atoms with Crippen LogP contribution in [0.5, 0.6) is 11.6 Å². The van der Waals surface area contributed by atoms with Crippen LogP contribution in [-0.2, 0) is 0 Å². The molecule has 0 aliphatic carbocycles. The third kappa shape index (κ3) is 5.39. The summed E-state index contributed by atoms with van der Waals surface area (Å²) in [5.41, 5.74) is -0.468. The zero-order valence-electron chi connectivity index (χ0n) is 12.7. The van der Waals surface area contributed by atoms with Crippen molar-refractivity contribution < 1.29 is 27.0 Å². The monoisotopic (exact) mass is 483 g/mol. The van der Waals surface area contributed by atoms with Crippen LogP contribution >= 0.6 is 58.2 Å². The Kier molecular flexibility index (Phi) is 6.54. The van der Waals surface area contributed by atoms with Crippen molar-refractivity contribution >= 4 is 58.2 Å². The molecule has 0 N–H and O–H groups in total. The lowest BCUT2D eigenvalue weighted by Crippen LogP contribution is -2.17. The summed E-state index contributed by atoms with van der Waals surface area (Å²) in [6.07, 6.45) is -4.96. The van der Waals surface area contributed by atoms with Crippen LogP contribution in [0.1, 0.15) is 5.69 Å². The van der Waals surface area contributed by atoms with Gasteiger partial charge in [-0.2, -0.15) is 19.4 Å². The Bertz CT molecular complexity index is 886. The smallest absolute Gasteiger partial charge is 0.480 e. The quantitative estimate of drug-likeness (QED) is 0.291. The molecule has 14 heteroatoms. The molecule has 0 bridgehead atoms. The van der Waals surface area contributed by atoms with Crippen LogP contribution in [0.4, 0.5) is 17.6 Å². The number of ether oxygens (including phenoxy) is 2. The maximum absolute atomic E-state index is 13.6. The van der Waals surface area contributed by atoms with Gasteiger partial charge >= 0.3 is 10.3 Å². The number of benzene rings is 1. The zero-order chi connectivity index (χ0) is 20.6. The SMILES string of the molecule is COc1c(SC(F)(Cl)Cl)c(C#N)nn1-c1c(Cl)cc(OC(F)(F)F)cc1Cl. The summed E-state index contributed by atoms with van der Waals surface area (Å²) in [5, 5.41) is 12.4. The van der Waals surface area contributed by atoms with Crippen molar-refractivity contribution in [2.75, 3.05) is 7.11 Å². The average molecular weight is 485 g/mol. The maximum atomic E-state index is 13.6. The summed E-state index contributed by atoms with van der Waals surface area (Å²) in [5.74, 6) is -0.889. The van der Waals surface area contributed by atoms with Gasteiger partial charge in [0.05, 0.1) is 17.2 Å². The molecule has 0 aliphatic heterocycles. The Morgan fingerprint density at radius 2 is 1.74 bits per heavy atom. The predicted octanol–water partition coefficient (Wildman–Crippen LogP) is 6.11. The van der Waals surface area contributed by atoms with Gasteiger partial charge in [-0.3, -0.25) is 0 Å². The van der Waals surface area contributed by atoms with E-state index in [1.54, 1.807) is 6.07 Å². The first kappa shape index (κ1) is 22.0. The first-order valence-electron chi connectivity index (χ1n) is 6.44. The maximum Gasteiger partial charge on any atom is 0.573 e. The Labute approximate surface area is 173 Å². The number of methoxy groups -OCH3 is 1. The van der Waals surface area contributed by atoms with Crippen LogP contribution in [-0.4, -0.2) is 27.2 Å². The molecule has 2 rings (SSSR count). The second kappa shape index (κ2) is 8.01. The van der Waals surface area contributed by atoms with Gasteiger partial charge in [-0.25, -0.2) is 0 Å². The topological polar surface area (TPSA) is 60.1 Å². The van der Waals surface area contributed by atoms with E-state index in [2.05, 4.69) is 9.84 Å². The van der Waals surface area contributed by atoms with Crippen molar-refractivity contribution in [2.45, 2.75) is 15.2 Å². The summed E-state index contributed by atoms with van der Waals surface area (Å²) in [7, 11) is 1.17.